The lowest BCUT2D eigenvalue weighted by Crippen LogP contribution is -2.24. The molecule has 1 amide bonds. The van der Waals surface area contributed by atoms with E-state index in [1.165, 1.54) is 0 Å². The Morgan fingerprint density at radius 3 is 2.83 bits per heavy atom. The Kier molecular flexibility index (Phi) is 5.85. The quantitative estimate of drug-likeness (QED) is 0.746. The van der Waals surface area contributed by atoms with Gasteiger partial charge >= 0.3 is 0 Å². The lowest BCUT2D eigenvalue weighted by atomic mass is 10.2. The van der Waals surface area contributed by atoms with Gasteiger partial charge in [-0.3, -0.25) is 4.79 Å². The predicted molar refractivity (Wildman–Crippen MR) is 93.7 cm³/mol. The third-order valence-corrected chi connectivity index (χ3v) is 4.32. The lowest BCUT2D eigenvalue weighted by molar-refractivity contribution is -0.118. The van der Waals surface area contributed by atoms with Gasteiger partial charge in [0, 0.05) is 12.3 Å². The van der Waals surface area contributed by atoms with Crippen molar-refractivity contribution in [1.29, 1.82) is 0 Å². The molecule has 1 aliphatic rings. The first-order valence-corrected chi connectivity index (χ1v) is 8.87. The number of hydrogen-bond donors (Lipinski definition) is 1. The topological polar surface area (TPSA) is 56.8 Å². The van der Waals surface area contributed by atoms with Crippen LogP contribution in [0.4, 0.5) is 0 Å². The summed E-state index contributed by atoms with van der Waals surface area (Å²) in [6, 6.07) is 15.3. The second-order valence-electron chi connectivity index (χ2n) is 5.18. The third-order valence-electron chi connectivity index (χ3n) is 3.40. The number of benzene rings is 2. The summed E-state index contributed by atoms with van der Waals surface area (Å²) in [5.74, 6) is 3.53. The average Bonchev–Trinajstić information content (AvgIpc) is 3.08. The maximum atomic E-state index is 11.9. The zero-order valence-electron chi connectivity index (χ0n) is 13.2. The number of rotatable bonds is 8. The van der Waals surface area contributed by atoms with Crippen LogP contribution in [0.3, 0.4) is 0 Å². The molecule has 0 spiro atoms. The van der Waals surface area contributed by atoms with Crippen LogP contribution in [0, 0.1) is 0 Å². The number of fused-ring (bicyclic) bond motifs is 1. The Balaban J connectivity index is 1.30. The summed E-state index contributed by atoms with van der Waals surface area (Å²) in [5.41, 5.74) is 0.991. The van der Waals surface area contributed by atoms with Crippen LogP contribution in [-0.2, 0) is 11.3 Å². The van der Waals surface area contributed by atoms with Gasteiger partial charge in [-0.15, -0.1) is 11.8 Å². The van der Waals surface area contributed by atoms with Crippen LogP contribution in [0.5, 0.6) is 17.2 Å². The van der Waals surface area contributed by atoms with Crippen LogP contribution in [0.2, 0.25) is 0 Å². The maximum absolute atomic E-state index is 11.9. The summed E-state index contributed by atoms with van der Waals surface area (Å²) in [5, 5.41) is 2.90. The van der Waals surface area contributed by atoms with Crippen LogP contribution in [-0.4, -0.2) is 30.8 Å². The molecule has 2 aromatic rings. The van der Waals surface area contributed by atoms with E-state index in [0.29, 0.717) is 18.9 Å². The molecule has 1 N–H and O–H groups in total. The first-order valence-electron chi connectivity index (χ1n) is 7.72. The highest BCUT2D eigenvalue weighted by molar-refractivity contribution is 7.99. The van der Waals surface area contributed by atoms with Gasteiger partial charge in [-0.2, -0.15) is 0 Å². The monoisotopic (exact) mass is 345 g/mol. The highest BCUT2D eigenvalue weighted by Crippen LogP contribution is 2.32. The SMILES string of the molecule is O=C(CSCCOc1ccccc1)NCc1ccc2c(c1)OCO2. The summed E-state index contributed by atoms with van der Waals surface area (Å²) >= 11 is 1.55. The first-order chi connectivity index (χ1) is 11.8. The van der Waals surface area contributed by atoms with Gasteiger partial charge in [0.2, 0.25) is 12.7 Å². The molecule has 0 fully saturated rings. The molecule has 0 saturated heterocycles. The van der Waals surface area contributed by atoms with E-state index < -0.39 is 0 Å². The molecule has 3 rings (SSSR count). The van der Waals surface area contributed by atoms with Crippen molar-refractivity contribution in [1.82, 2.24) is 5.32 Å². The molecule has 24 heavy (non-hydrogen) atoms. The van der Waals surface area contributed by atoms with Gasteiger partial charge in [0.25, 0.3) is 0 Å². The summed E-state index contributed by atoms with van der Waals surface area (Å²) in [4.78, 5) is 11.9. The van der Waals surface area contributed by atoms with Crippen molar-refractivity contribution in [2.75, 3.05) is 24.9 Å². The number of para-hydroxylation sites is 1. The van der Waals surface area contributed by atoms with Gasteiger partial charge in [0.05, 0.1) is 12.4 Å². The van der Waals surface area contributed by atoms with Crippen molar-refractivity contribution in [2.24, 2.45) is 0 Å². The highest BCUT2D eigenvalue weighted by Gasteiger charge is 2.13. The predicted octanol–water partition coefficient (Wildman–Crippen LogP) is 2.84. The van der Waals surface area contributed by atoms with E-state index in [0.717, 1.165) is 28.6 Å². The van der Waals surface area contributed by atoms with Gasteiger partial charge in [0.1, 0.15) is 5.75 Å². The van der Waals surface area contributed by atoms with Gasteiger partial charge in [-0.25, -0.2) is 0 Å². The third kappa shape index (κ3) is 4.83. The Bertz CT molecular complexity index is 678. The van der Waals surface area contributed by atoms with Crippen molar-refractivity contribution in [2.45, 2.75) is 6.54 Å². The number of ether oxygens (including phenoxy) is 3. The Hall–Kier alpha value is -2.34. The number of carbonyl (C=O) groups is 1. The number of nitrogens with one attached hydrogen (secondary N) is 1. The van der Waals surface area contributed by atoms with E-state index in [1.54, 1.807) is 11.8 Å². The Morgan fingerprint density at radius 2 is 1.96 bits per heavy atom. The van der Waals surface area contributed by atoms with Crippen molar-refractivity contribution in [3.05, 3.63) is 54.1 Å². The van der Waals surface area contributed by atoms with Crippen LogP contribution >= 0.6 is 11.8 Å². The van der Waals surface area contributed by atoms with Crippen molar-refractivity contribution in [3.63, 3.8) is 0 Å². The lowest BCUT2D eigenvalue weighted by Gasteiger charge is -2.07. The van der Waals surface area contributed by atoms with Gasteiger partial charge in [-0.1, -0.05) is 24.3 Å². The summed E-state index contributed by atoms with van der Waals surface area (Å²) in [6.45, 7) is 1.33. The van der Waals surface area contributed by atoms with Crippen LogP contribution in [0.1, 0.15) is 5.56 Å². The minimum absolute atomic E-state index is 0.0115. The second kappa shape index (κ2) is 8.49. The van der Waals surface area contributed by atoms with E-state index in [2.05, 4.69) is 5.32 Å². The fourth-order valence-corrected chi connectivity index (χ4v) is 2.84. The zero-order valence-corrected chi connectivity index (χ0v) is 14.0. The summed E-state index contributed by atoms with van der Waals surface area (Å²) < 4.78 is 16.2. The van der Waals surface area contributed by atoms with Gasteiger partial charge in [-0.05, 0) is 29.8 Å². The number of hydrogen-bond acceptors (Lipinski definition) is 5. The van der Waals surface area contributed by atoms with Gasteiger partial charge < -0.3 is 19.5 Å². The molecule has 126 valence electrons. The fraction of sp³-hybridized carbons (Fsp3) is 0.278. The Labute approximate surface area is 145 Å². The second-order valence-corrected chi connectivity index (χ2v) is 6.28. The van der Waals surface area contributed by atoms with Crippen LogP contribution in [0.25, 0.3) is 0 Å². The molecule has 0 unspecified atom stereocenters. The minimum atomic E-state index is 0.0115. The highest BCUT2D eigenvalue weighted by atomic mass is 32.2. The molecular formula is C18H19NO4S. The van der Waals surface area contributed by atoms with E-state index in [1.807, 2.05) is 48.5 Å². The average molecular weight is 345 g/mol. The molecule has 0 atom stereocenters. The van der Waals surface area contributed by atoms with E-state index in [9.17, 15) is 4.79 Å². The van der Waals surface area contributed by atoms with Crippen LogP contribution in [0.15, 0.2) is 48.5 Å². The molecule has 2 aromatic carbocycles. The standard InChI is InChI=1S/C18H19NO4S/c20-18(12-24-9-8-21-15-4-2-1-3-5-15)19-11-14-6-7-16-17(10-14)23-13-22-16/h1-7,10H,8-9,11-13H2,(H,19,20). The smallest absolute Gasteiger partial charge is 0.231 e. The summed E-state index contributed by atoms with van der Waals surface area (Å²) in [7, 11) is 0. The molecule has 0 aliphatic carbocycles. The Morgan fingerprint density at radius 1 is 1.12 bits per heavy atom. The van der Waals surface area contributed by atoms with E-state index in [-0.39, 0.29) is 12.7 Å². The first kappa shape index (κ1) is 16.5. The largest absolute Gasteiger partial charge is 0.493 e. The number of thioether (sulfide) groups is 1. The minimum Gasteiger partial charge on any atom is -0.493 e. The number of amides is 1. The van der Waals surface area contributed by atoms with E-state index >= 15 is 0 Å². The van der Waals surface area contributed by atoms with E-state index in [4.69, 9.17) is 14.2 Å². The normalized spacial score (nSPS) is 12.0. The molecule has 1 aliphatic heterocycles. The molecule has 5 nitrogen and oxygen atoms in total. The summed E-state index contributed by atoms with van der Waals surface area (Å²) in [6.07, 6.45) is 0. The zero-order chi connectivity index (χ0) is 16.6. The number of carbonyl (C=O) groups excluding carboxylic acids is 1. The molecule has 6 heteroatoms. The van der Waals surface area contributed by atoms with Crippen LogP contribution < -0.4 is 19.5 Å². The molecule has 0 aromatic heterocycles. The molecule has 0 radical (unpaired) electrons. The van der Waals surface area contributed by atoms with Crippen molar-refractivity contribution < 1.29 is 19.0 Å². The molecule has 0 saturated carbocycles. The van der Waals surface area contributed by atoms with Crippen molar-refractivity contribution in [3.8, 4) is 17.2 Å². The molecular weight excluding hydrogens is 326 g/mol. The van der Waals surface area contributed by atoms with Crippen molar-refractivity contribution >= 4 is 17.7 Å². The molecule has 1 heterocycles. The van der Waals surface area contributed by atoms with Gasteiger partial charge in [0.15, 0.2) is 11.5 Å². The maximum Gasteiger partial charge on any atom is 0.231 e. The fourth-order valence-electron chi connectivity index (χ4n) is 2.20. The molecule has 0 bridgehead atoms.